The molecular weight excluding hydrogens is 212 g/mol. The van der Waals surface area contributed by atoms with Gasteiger partial charge in [-0.2, -0.15) is 0 Å². The lowest BCUT2D eigenvalue weighted by Crippen LogP contribution is -2.25. The highest BCUT2D eigenvalue weighted by molar-refractivity contribution is 5.31. The standard InChI is InChI=1S/C15H21O2/c1-15(2,3)12-7-6-8-13(11-12)17-14-9-4-5-10-16-14/h6-7,11,14H,4-5,9-10H2,1-3H3. The van der Waals surface area contributed by atoms with Gasteiger partial charge in [0.25, 0.3) is 0 Å². The monoisotopic (exact) mass is 233 g/mol. The van der Waals surface area contributed by atoms with E-state index in [-0.39, 0.29) is 11.7 Å². The predicted octanol–water partition coefficient (Wildman–Crippen LogP) is 3.69. The topological polar surface area (TPSA) is 18.5 Å². The molecule has 0 saturated carbocycles. The second-order valence-corrected chi connectivity index (χ2v) is 5.61. The summed E-state index contributed by atoms with van der Waals surface area (Å²) in [6, 6.07) is 9.21. The lowest BCUT2D eigenvalue weighted by atomic mass is 9.87. The summed E-state index contributed by atoms with van der Waals surface area (Å²) in [5.74, 6) is 0.796. The molecule has 0 aromatic heterocycles. The summed E-state index contributed by atoms with van der Waals surface area (Å²) in [4.78, 5) is 0. The fourth-order valence-corrected chi connectivity index (χ4v) is 1.92. The van der Waals surface area contributed by atoms with Crippen molar-refractivity contribution in [2.45, 2.75) is 51.7 Å². The molecule has 93 valence electrons. The Morgan fingerprint density at radius 2 is 2.18 bits per heavy atom. The summed E-state index contributed by atoms with van der Waals surface area (Å²) in [7, 11) is 0. The average Bonchev–Trinajstić information content (AvgIpc) is 2.29. The molecule has 0 amide bonds. The molecule has 2 nitrogen and oxygen atoms in total. The highest BCUT2D eigenvalue weighted by Crippen LogP contribution is 2.26. The molecular formula is C15H21O2. The Hall–Kier alpha value is -1.02. The summed E-state index contributed by atoms with van der Waals surface area (Å²) < 4.78 is 11.4. The van der Waals surface area contributed by atoms with E-state index in [0.29, 0.717) is 0 Å². The van der Waals surface area contributed by atoms with E-state index in [9.17, 15) is 0 Å². The van der Waals surface area contributed by atoms with Crippen molar-refractivity contribution in [3.63, 3.8) is 0 Å². The molecule has 17 heavy (non-hydrogen) atoms. The van der Waals surface area contributed by atoms with Gasteiger partial charge in [-0.1, -0.05) is 32.9 Å². The van der Waals surface area contributed by atoms with Gasteiger partial charge >= 0.3 is 0 Å². The molecule has 0 bridgehead atoms. The van der Waals surface area contributed by atoms with Crippen LogP contribution in [0.25, 0.3) is 0 Å². The molecule has 1 fully saturated rings. The maximum Gasteiger partial charge on any atom is 0.199 e. The quantitative estimate of drug-likeness (QED) is 0.775. The number of benzene rings is 1. The second-order valence-electron chi connectivity index (χ2n) is 5.61. The zero-order valence-corrected chi connectivity index (χ0v) is 11.0. The normalized spacial score (nSPS) is 21.2. The Bertz CT molecular complexity index is 359. The lowest BCUT2D eigenvalue weighted by molar-refractivity contribution is -0.106. The van der Waals surface area contributed by atoms with E-state index in [1.165, 1.54) is 12.0 Å². The van der Waals surface area contributed by atoms with Crippen molar-refractivity contribution in [1.82, 2.24) is 0 Å². The van der Waals surface area contributed by atoms with E-state index in [1.54, 1.807) is 0 Å². The fraction of sp³-hybridized carbons (Fsp3) is 0.600. The van der Waals surface area contributed by atoms with Crippen LogP contribution in [0.1, 0.15) is 45.6 Å². The van der Waals surface area contributed by atoms with Crippen molar-refractivity contribution in [2.75, 3.05) is 6.61 Å². The van der Waals surface area contributed by atoms with Crippen LogP contribution >= 0.6 is 0 Å². The minimum Gasteiger partial charge on any atom is -0.464 e. The third-order valence-electron chi connectivity index (χ3n) is 3.04. The molecule has 1 radical (unpaired) electrons. The molecule has 1 unspecified atom stereocenters. The summed E-state index contributed by atoms with van der Waals surface area (Å²) in [6.45, 7) is 7.40. The Kier molecular flexibility index (Phi) is 3.72. The first kappa shape index (κ1) is 12.4. The third kappa shape index (κ3) is 3.47. The Morgan fingerprint density at radius 3 is 2.82 bits per heavy atom. The van der Waals surface area contributed by atoms with Crippen molar-refractivity contribution >= 4 is 0 Å². The Morgan fingerprint density at radius 1 is 1.35 bits per heavy atom. The van der Waals surface area contributed by atoms with E-state index in [1.807, 2.05) is 6.07 Å². The van der Waals surface area contributed by atoms with Crippen LogP contribution in [0, 0.1) is 6.07 Å². The van der Waals surface area contributed by atoms with Crippen molar-refractivity contribution < 1.29 is 9.47 Å². The predicted molar refractivity (Wildman–Crippen MR) is 68.2 cm³/mol. The Balaban J connectivity index is 2.05. The molecule has 2 heteroatoms. The largest absolute Gasteiger partial charge is 0.464 e. The molecule has 1 aromatic rings. The van der Waals surface area contributed by atoms with Crippen LogP contribution < -0.4 is 4.74 Å². The minimum atomic E-state index is -0.0878. The van der Waals surface area contributed by atoms with E-state index in [2.05, 4.69) is 39.0 Å². The third-order valence-corrected chi connectivity index (χ3v) is 3.04. The van der Waals surface area contributed by atoms with Crippen LogP contribution in [0.3, 0.4) is 0 Å². The van der Waals surface area contributed by atoms with Crippen LogP contribution in [0.2, 0.25) is 0 Å². The van der Waals surface area contributed by atoms with Gasteiger partial charge in [-0.25, -0.2) is 0 Å². The lowest BCUT2D eigenvalue weighted by Gasteiger charge is -2.25. The van der Waals surface area contributed by atoms with Gasteiger partial charge in [0.15, 0.2) is 6.29 Å². The Labute approximate surface area is 104 Å². The van der Waals surface area contributed by atoms with Crippen LogP contribution in [-0.4, -0.2) is 12.9 Å². The van der Waals surface area contributed by atoms with Crippen molar-refractivity contribution in [3.05, 3.63) is 29.8 Å². The van der Waals surface area contributed by atoms with Crippen LogP contribution in [-0.2, 0) is 10.2 Å². The van der Waals surface area contributed by atoms with E-state index < -0.39 is 0 Å². The number of hydrogen-bond donors (Lipinski definition) is 0. The molecule has 1 heterocycles. The van der Waals surface area contributed by atoms with Crippen molar-refractivity contribution in [2.24, 2.45) is 0 Å². The zero-order valence-electron chi connectivity index (χ0n) is 11.0. The maximum absolute atomic E-state index is 5.81. The summed E-state index contributed by atoms with van der Waals surface area (Å²) in [5.41, 5.74) is 1.41. The smallest absolute Gasteiger partial charge is 0.199 e. The average molecular weight is 233 g/mol. The molecule has 0 aliphatic carbocycles. The molecule has 1 aliphatic rings. The van der Waals surface area contributed by atoms with Crippen molar-refractivity contribution in [3.8, 4) is 5.75 Å². The molecule has 1 aliphatic heterocycles. The summed E-state index contributed by atoms with van der Waals surface area (Å²) >= 11 is 0. The van der Waals surface area contributed by atoms with Gasteiger partial charge in [-0.3, -0.25) is 0 Å². The first-order valence-electron chi connectivity index (χ1n) is 6.36. The van der Waals surface area contributed by atoms with Gasteiger partial charge in [-0.15, -0.1) is 0 Å². The van der Waals surface area contributed by atoms with Crippen molar-refractivity contribution in [1.29, 1.82) is 0 Å². The first-order valence-corrected chi connectivity index (χ1v) is 6.36. The van der Waals surface area contributed by atoms with E-state index in [4.69, 9.17) is 9.47 Å². The summed E-state index contributed by atoms with van der Waals surface area (Å²) in [5, 5.41) is 0. The maximum atomic E-state index is 5.81. The van der Waals surface area contributed by atoms with Crippen LogP contribution in [0.5, 0.6) is 5.75 Å². The highest BCUT2D eigenvalue weighted by atomic mass is 16.7. The molecule has 1 atom stereocenters. The van der Waals surface area contributed by atoms with E-state index >= 15 is 0 Å². The first-order chi connectivity index (χ1) is 8.05. The van der Waals surface area contributed by atoms with Gasteiger partial charge in [-0.05, 0) is 29.9 Å². The number of ether oxygens (including phenoxy) is 2. The van der Waals surface area contributed by atoms with Crippen LogP contribution in [0.4, 0.5) is 0 Å². The molecule has 1 saturated heterocycles. The summed E-state index contributed by atoms with van der Waals surface area (Å²) in [6.07, 6.45) is 3.22. The van der Waals surface area contributed by atoms with Gasteiger partial charge in [0.1, 0.15) is 5.75 Å². The van der Waals surface area contributed by atoms with Gasteiger partial charge < -0.3 is 9.47 Å². The van der Waals surface area contributed by atoms with Gasteiger partial charge in [0, 0.05) is 12.5 Å². The molecule has 0 N–H and O–H groups in total. The van der Waals surface area contributed by atoms with Crippen LogP contribution in [0.15, 0.2) is 18.2 Å². The number of rotatable bonds is 2. The molecule has 2 rings (SSSR count). The minimum absolute atomic E-state index is 0.0878. The second kappa shape index (κ2) is 5.09. The zero-order chi connectivity index (χ0) is 12.3. The van der Waals surface area contributed by atoms with Gasteiger partial charge in [0.05, 0.1) is 6.61 Å². The number of hydrogen-bond acceptors (Lipinski definition) is 2. The fourth-order valence-electron chi connectivity index (χ4n) is 1.92. The molecule has 1 aromatic carbocycles. The van der Waals surface area contributed by atoms with E-state index in [0.717, 1.165) is 25.2 Å². The molecule has 0 spiro atoms. The SMILES string of the molecule is CC(C)(C)c1cc[c]c(OC2CCCCO2)c1. The van der Waals surface area contributed by atoms with Gasteiger partial charge in [0.2, 0.25) is 0 Å². The highest BCUT2D eigenvalue weighted by Gasteiger charge is 2.17.